The van der Waals surface area contributed by atoms with Gasteiger partial charge in [-0.15, -0.1) is 0 Å². The van der Waals surface area contributed by atoms with Crippen LogP contribution in [0.3, 0.4) is 0 Å². The van der Waals surface area contributed by atoms with Gasteiger partial charge in [0.15, 0.2) is 0 Å². The van der Waals surface area contributed by atoms with Crippen molar-refractivity contribution in [2.45, 2.75) is 62.8 Å². The third-order valence-electron chi connectivity index (χ3n) is 7.25. The van der Waals surface area contributed by atoms with Gasteiger partial charge in [-0.3, -0.25) is 4.90 Å². The van der Waals surface area contributed by atoms with Gasteiger partial charge in [-0.1, -0.05) is 49.4 Å². The quantitative estimate of drug-likeness (QED) is 0.512. The number of fused-ring (bicyclic) bond motifs is 2. The topological polar surface area (TPSA) is 64.0 Å². The van der Waals surface area contributed by atoms with Crippen molar-refractivity contribution < 1.29 is 41.4 Å². The smallest absolute Gasteiger partial charge is 0.430 e. The molecule has 5 nitrogen and oxygen atoms in total. The molecule has 1 amide bonds. The summed E-state index contributed by atoms with van der Waals surface area (Å²) in [6.45, 7) is 3.44. The zero-order chi connectivity index (χ0) is 26.5. The first-order valence-corrected chi connectivity index (χ1v) is 11.6. The van der Waals surface area contributed by atoms with Crippen molar-refractivity contribution >= 4 is 6.09 Å². The first kappa shape index (κ1) is 26.3. The highest BCUT2D eigenvalue weighted by molar-refractivity contribution is 5.68. The second kappa shape index (κ2) is 9.26. The molecule has 2 atom stereocenters. The highest BCUT2D eigenvalue weighted by atomic mass is 19.4. The summed E-state index contributed by atoms with van der Waals surface area (Å²) < 4.78 is 79.1. The normalized spacial score (nSPS) is 21.2. The lowest BCUT2D eigenvalue weighted by Crippen LogP contribution is -2.54. The Morgan fingerprint density at radius 1 is 0.944 bits per heavy atom. The number of halogens is 6. The molecule has 2 aromatic carbocycles. The standard InChI is InChI=1S/C25H26F6N2O3/c1-2-16-11-15(12-33-19-8-9-20(33)14-32(13-19)22(34)35)3-10-21(16)17-4-6-18(7-5-17)23(36,24(26,27)28)25(29,30)31/h3-7,10-11,19-20,36H,2,8-9,12-14H2,1H3,(H,34,35). The average Bonchev–Trinajstić information content (AvgIpc) is 3.02. The van der Waals surface area contributed by atoms with Gasteiger partial charge in [0.05, 0.1) is 0 Å². The molecule has 2 heterocycles. The Morgan fingerprint density at radius 3 is 1.97 bits per heavy atom. The van der Waals surface area contributed by atoms with Gasteiger partial charge in [0.1, 0.15) is 0 Å². The first-order chi connectivity index (χ1) is 16.8. The number of amides is 1. The van der Waals surface area contributed by atoms with Crippen LogP contribution in [-0.4, -0.2) is 63.6 Å². The SMILES string of the molecule is CCc1cc(CN2C3CCC2CN(C(=O)O)C3)ccc1-c1ccc(C(O)(C(F)(F)F)C(F)(F)F)cc1. The highest BCUT2D eigenvalue weighted by Crippen LogP contribution is 2.50. The minimum atomic E-state index is -5.93. The van der Waals surface area contributed by atoms with E-state index in [9.17, 15) is 41.4 Å². The van der Waals surface area contributed by atoms with E-state index in [4.69, 9.17) is 0 Å². The lowest BCUT2D eigenvalue weighted by Gasteiger charge is -2.40. The number of hydrogen-bond acceptors (Lipinski definition) is 3. The van der Waals surface area contributed by atoms with E-state index in [2.05, 4.69) is 4.90 Å². The van der Waals surface area contributed by atoms with E-state index in [0.29, 0.717) is 49.3 Å². The molecule has 2 saturated heterocycles. The van der Waals surface area contributed by atoms with Gasteiger partial charge in [-0.2, -0.15) is 26.3 Å². The minimum absolute atomic E-state index is 0.137. The number of benzene rings is 2. The third-order valence-corrected chi connectivity index (χ3v) is 7.25. The van der Waals surface area contributed by atoms with Gasteiger partial charge < -0.3 is 15.1 Å². The number of alkyl halides is 6. The van der Waals surface area contributed by atoms with Gasteiger partial charge in [-0.05, 0) is 41.5 Å². The molecule has 2 N–H and O–H groups in total. The summed E-state index contributed by atoms with van der Waals surface area (Å²) >= 11 is 0. The predicted octanol–water partition coefficient (Wildman–Crippen LogP) is 5.55. The highest BCUT2D eigenvalue weighted by Gasteiger charge is 2.71. The molecule has 4 rings (SSSR count). The molecule has 11 heteroatoms. The second-order valence-electron chi connectivity index (χ2n) is 9.37. The summed E-state index contributed by atoms with van der Waals surface area (Å²) in [5.74, 6) is 0. The Labute approximate surface area is 203 Å². The minimum Gasteiger partial charge on any atom is -0.465 e. The van der Waals surface area contributed by atoms with Crippen LogP contribution in [0, 0.1) is 0 Å². The fraction of sp³-hybridized carbons (Fsp3) is 0.480. The van der Waals surface area contributed by atoms with Gasteiger partial charge in [0, 0.05) is 37.3 Å². The van der Waals surface area contributed by atoms with E-state index in [1.165, 1.54) is 4.90 Å². The number of carboxylic acid groups (broad SMARTS) is 1. The fourth-order valence-corrected chi connectivity index (χ4v) is 5.31. The molecule has 0 spiro atoms. The molecule has 2 aromatic rings. The zero-order valence-electron chi connectivity index (χ0n) is 19.4. The maximum atomic E-state index is 13.2. The van der Waals surface area contributed by atoms with Crippen LogP contribution >= 0.6 is 0 Å². The van der Waals surface area contributed by atoms with Crippen LogP contribution < -0.4 is 0 Å². The number of nitrogens with zero attached hydrogens (tertiary/aromatic N) is 2. The predicted molar refractivity (Wildman–Crippen MR) is 119 cm³/mol. The molecule has 0 aromatic heterocycles. The number of likely N-dealkylation sites (tertiary alicyclic amines) is 1. The van der Waals surface area contributed by atoms with Crippen molar-refractivity contribution in [3.63, 3.8) is 0 Å². The third kappa shape index (κ3) is 4.54. The second-order valence-corrected chi connectivity index (χ2v) is 9.37. The van der Waals surface area contributed by atoms with Crippen molar-refractivity contribution in [2.75, 3.05) is 13.1 Å². The van der Waals surface area contributed by atoms with Crippen LogP contribution in [0.15, 0.2) is 42.5 Å². The summed E-state index contributed by atoms with van der Waals surface area (Å²) in [5.41, 5.74) is -3.27. The van der Waals surface area contributed by atoms with Crippen molar-refractivity contribution in [1.29, 1.82) is 0 Å². The molecular weight excluding hydrogens is 490 g/mol. The molecule has 36 heavy (non-hydrogen) atoms. The van der Waals surface area contributed by atoms with Gasteiger partial charge in [-0.25, -0.2) is 4.79 Å². The summed E-state index contributed by atoms with van der Waals surface area (Å²) in [6, 6.07) is 9.51. The van der Waals surface area contributed by atoms with E-state index in [0.717, 1.165) is 36.1 Å². The van der Waals surface area contributed by atoms with E-state index < -0.39 is 29.6 Å². The number of rotatable bonds is 5. The fourth-order valence-electron chi connectivity index (χ4n) is 5.31. The van der Waals surface area contributed by atoms with E-state index in [1.54, 1.807) is 6.07 Å². The van der Waals surface area contributed by atoms with Crippen LogP contribution in [0.4, 0.5) is 31.1 Å². The average molecular weight is 516 g/mol. The van der Waals surface area contributed by atoms with Crippen molar-refractivity contribution in [3.8, 4) is 11.1 Å². The number of piperazine rings is 1. The number of carbonyl (C=O) groups is 1. The Kier molecular flexibility index (Phi) is 6.76. The van der Waals surface area contributed by atoms with Crippen LogP contribution in [0.25, 0.3) is 11.1 Å². The number of hydrogen-bond donors (Lipinski definition) is 2. The largest absolute Gasteiger partial charge is 0.465 e. The summed E-state index contributed by atoms with van der Waals surface area (Å²) in [4.78, 5) is 15.1. The van der Waals surface area contributed by atoms with Crippen LogP contribution in [0.1, 0.15) is 36.5 Å². The van der Waals surface area contributed by atoms with Crippen molar-refractivity contribution in [3.05, 3.63) is 59.2 Å². The van der Waals surface area contributed by atoms with E-state index >= 15 is 0 Å². The molecule has 2 fully saturated rings. The summed E-state index contributed by atoms with van der Waals surface area (Å²) in [7, 11) is 0. The molecule has 2 aliphatic heterocycles. The number of aliphatic hydroxyl groups is 1. The molecule has 0 radical (unpaired) electrons. The van der Waals surface area contributed by atoms with Gasteiger partial charge >= 0.3 is 18.4 Å². The van der Waals surface area contributed by atoms with Crippen LogP contribution in [-0.2, 0) is 18.6 Å². The van der Waals surface area contributed by atoms with Gasteiger partial charge in [0.25, 0.3) is 5.60 Å². The lowest BCUT2D eigenvalue weighted by molar-refractivity contribution is -0.376. The van der Waals surface area contributed by atoms with Gasteiger partial charge in [0.2, 0.25) is 0 Å². The molecule has 196 valence electrons. The Hall–Kier alpha value is -2.79. The Balaban J connectivity index is 1.57. The zero-order valence-corrected chi connectivity index (χ0v) is 19.4. The monoisotopic (exact) mass is 516 g/mol. The summed E-state index contributed by atoms with van der Waals surface area (Å²) in [5, 5.41) is 18.9. The maximum absolute atomic E-state index is 13.2. The van der Waals surface area contributed by atoms with Crippen molar-refractivity contribution in [1.82, 2.24) is 9.80 Å². The molecule has 2 unspecified atom stereocenters. The van der Waals surface area contributed by atoms with Crippen LogP contribution in [0.2, 0.25) is 0 Å². The van der Waals surface area contributed by atoms with E-state index in [-0.39, 0.29) is 12.1 Å². The van der Waals surface area contributed by atoms with Crippen LogP contribution in [0.5, 0.6) is 0 Å². The Bertz CT molecular complexity index is 1090. The number of aryl methyl sites for hydroxylation is 1. The van der Waals surface area contributed by atoms with Crippen molar-refractivity contribution in [2.24, 2.45) is 0 Å². The molecule has 2 aliphatic rings. The molecule has 0 aliphatic carbocycles. The maximum Gasteiger partial charge on any atom is 0.430 e. The molecule has 2 bridgehead atoms. The van der Waals surface area contributed by atoms with E-state index in [1.807, 2.05) is 19.1 Å². The summed E-state index contributed by atoms with van der Waals surface area (Å²) in [6.07, 6.45) is -10.4. The Morgan fingerprint density at radius 2 is 1.50 bits per heavy atom. The molecule has 0 saturated carbocycles. The molecular formula is C25H26F6N2O3. The lowest BCUT2D eigenvalue weighted by atomic mass is 9.89. The first-order valence-electron chi connectivity index (χ1n) is 11.6.